The second-order valence-corrected chi connectivity index (χ2v) is 11.6. The summed E-state index contributed by atoms with van der Waals surface area (Å²) < 4.78 is 46.2. The van der Waals surface area contributed by atoms with Crippen molar-refractivity contribution in [1.82, 2.24) is 0 Å². The zero-order valence-electron chi connectivity index (χ0n) is 26.3. The van der Waals surface area contributed by atoms with E-state index in [2.05, 4.69) is 0 Å². The molecular formula is C34H38O13. The number of methoxy groups -OCH3 is 4. The van der Waals surface area contributed by atoms with Crippen LogP contribution in [-0.4, -0.2) is 98.9 Å². The molecule has 0 spiro atoms. The predicted octanol–water partition coefficient (Wildman–Crippen LogP) is 1.57. The summed E-state index contributed by atoms with van der Waals surface area (Å²) in [6, 6.07) is 18.8. The summed E-state index contributed by atoms with van der Waals surface area (Å²) in [5.74, 6) is -2.05. The van der Waals surface area contributed by atoms with Crippen molar-refractivity contribution in [2.24, 2.45) is 5.92 Å². The van der Waals surface area contributed by atoms with Gasteiger partial charge in [0.05, 0.1) is 46.0 Å². The van der Waals surface area contributed by atoms with Gasteiger partial charge in [0.15, 0.2) is 11.2 Å². The lowest BCUT2D eigenvalue weighted by Gasteiger charge is -2.40. The Labute approximate surface area is 271 Å². The second-order valence-electron chi connectivity index (χ2n) is 11.6. The Kier molecular flexibility index (Phi) is 9.06. The Morgan fingerprint density at radius 2 is 1.70 bits per heavy atom. The second kappa shape index (κ2) is 12.9. The molecule has 13 nitrogen and oxygen atoms in total. The molecule has 0 unspecified atom stereocenters. The Bertz CT molecular complexity index is 1570. The highest BCUT2D eigenvalue weighted by Crippen LogP contribution is 2.70. The van der Waals surface area contributed by atoms with Crippen molar-refractivity contribution < 1.29 is 63.1 Å². The first-order valence-electron chi connectivity index (χ1n) is 15.0. The van der Waals surface area contributed by atoms with E-state index in [4.69, 9.17) is 37.9 Å². The first kappa shape index (κ1) is 33.0. The fourth-order valence-corrected chi connectivity index (χ4v) is 7.11. The van der Waals surface area contributed by atoms with Gasteiger partial charge in [0.2, 0.25) is 6.29 Å². The van der Waals surface area contributed by atoms with Crippen LogP contribution >= 0.6 is 0 Å². The van der Waals surface area contributed by atoms with E-state index in [1.54, 1.807) is 48.5 Å². The SMILES string of the molecule is COC(=O)[C@@H]1[C@@H](c2ccccc2)[C@]2(c3ccc(OC)cc3)Oc3cc(O[C@@H]4O[C@@H]([C@H](O)CO)CO[C@@H]4OC)cc(OC)c3[C@]2(O)[C@H]1O. The number of hydrogen-bond acceptors (Lipinski definition) is 13. The number of rotatable bonds is 10. The van der Waals surface area contributed by atoms with E-state index < -0.39 is 66.5 Å². The minimum atomic E-state index is -2.25. The predicted molar refractivity (Wildman–Crippen MR) is 162 cm³/mol. The zero-order chi connectivity index (χ0) is 33.5. The van der Waals surface area contributed by atoms with E-state index in [9.17, 15) is 25.2 Å². The zero-order valence-corrected chi connectivity index (χ0v) is 26.3. The van der Waals surface area contributed by atoms with Crippen LogP contribution in [0.3, 0.4) is 0 Å². The summed E-state index contributed by atoms with van der Waals surface area (Å²) in [5, 5.41) is 44.7. The van der Waals surface area contributed by atoms with Gasteiger partial charge < -0.3 is 58.3 Å². The van der Waals surface area contributed by atoms with Crippen LogP contribution in [0.5, 0.6) is 23.0 Å². The van der Waals surface area contributed by atoms with Gasteiger partial charge in [0.1, 0.15) is 41.3 Å². The minimum Gasteiger partial charge on any atom is -0.497 e. The lowest BCUT2D eigenvalue weighted by atomic mass is 9.70. The fourth-order valence-electron chi connectivity index (χ4n) is 7.11. The maximum Gasteiger partial charge on any atom is 0.312 e. The quantitative estimate of drug-likeness (QED) is 0.233. The van der Waals surface area contributed by atoms with Crippen LogP contribution < -0.4 is 18.9 Å². The van der Waals surface area contributed by atoms with Crippen molar-refractivity contribution in [2.75, 3.05) is 41.7 Å². The molecule has 0 radical (unpaired) electrons. The number of esters is 1. The highest BCUT2D eigenvalue weighted by Gasteiger charge is 2.78. The molecule has 6 rings (SSSR count). The number of aliphatic hydroxyl groups excluding tert-OH is 3. The highest BCUT2D eigenvalue weighted by molar-refractivity contribution is 5.78. The number of carbonyl (C=O) groups is 1. The van der Waals surface area contributed by atoms with E-state index in [0.29, 0.717) is 16.9 Å². The molecular weight excluding hydrogens is 616 g/mol. The highest BCUT2D eigenvalue weighted by atomic mass is 16.8. The molecule has 2 heterocycles. The molecule has 3 aromatic rings. The third-order valence-corrected chi connectivity index (χ3v) is 9.25. The fraction of sp³-hybridized carbons (Fsp3) is 0.441. The maximum atomic E-state index is 13.5. The van der Waals surface area contributed by atoms with Crippen molar-refractivity contribution in [3.8, 4) is 23.0 Å². The van der Waals surface area contributed by atoms with Gasteiger partial charge >= 0.3 is 5.97 Å². The van der Waals surface area contributed by atoms with Crippen LogP contribution in [0.15, 0.2) is 66.7 Å². The van der Waals surface area contributed by atoms with Crippen molar-refractivity contribution in [3.63, 3.8) is 0 Å². The van der Waals surface area contributed by atoms with Crippen LogP contribution in [0.2, 0.25) is 0 Å². The van der Waals surface area contributed by atoms with Gasteiger partial charge in [-0.05, 0) is 23.3 Å². The van der Waals surface area contributed by atoms with Crippen LogP contribution in [0.25, 0.3) is 0 Å². The van der Waals surface area contributed by atoms with Crippen LogP contribution in [0.1, 0.15) is 22.6 Å². The molecule has 3 aromatic carbocycles. The molecule has 0 aromatic heterocycles. The Balaban J connectivity index is 1.52. The molecule has 47 heavy (non-hydrogen) atoms. The molecule has 2 fully saturated rings. The Morgan fingerprint density at radius 3 is 2.32 bits per heavy atom. The lowest BCUT2D eigenvalue weighted by Crippen LogP contribution is -2.52. The molecule has 4 N–H and O–H groups in total. The van der Waals surface area contributed by atoms with Crippen molar-refractivity contribution >= 4 is 5.97 Å². The number of carbonyl (C=O) groups excluding carboxylic acids is 1. The molecule has 1 saturated carbocycles. The summed E-state index contributed by atoms with van der Waals surface area (Å²) in [4.78, 5) is 13.5. The van der Waals surface area contributed by atoms with Gasteiger partial charge in [-0.2, -0.15) is 0 Å². The van der Waals surface area contributed by atoms with Gasteiger partial charge in [-0.3, -0.25) is 4.79 Å². The van der Waals surface area contributed by atoms with E-state index in [-0.39, 0.29) is 29.4 Å². The lowest BCUT2D eigenvalue weighted by molar-refractivity contribution is -0.324. The molecule has 1 aliphatic carbocycles. The van der Waals surface area contributed by atoms with Gasteiger partial charge in [-0.1, -0.05) is 42.5 Å². The number of aliphatic hydroxyl groups is 4. The van der Waals surface area contributed by atoms with Crippen LogP contribution in [-0.2, 0) is 34.9 Å². The third-order valence-electron chi connectivity index (χ3n) is 9.25. The number of fused-ring (bicyclic) bond motifs is 3. The van der Waals surface area contributed by atoms with E-state index in [0.717, 1.165) is 0 Å². The molecule has 252 valence electrons. The summed E-state index contributed by atoms with van der Waals surface area (Å²) in [6.45, 7) is -0.601. The molecule has 0 amide bonds. The average molecular weight is 655 g/mol. The summed E-state index contributed by atoms with van der Waals surface area (Å²) in [7, 11) is 5.54. The molecule has 1 saturated heterocycles. The standard InChI is InChI=1S/C34H38O13/c1-40-20-12-10-19(11-13-20)34-27(18-8-6-5-7-9-18)26(30(38)42-3)29(37)33(34,39)28-23(41-2)14-21(15-24(28)47-34)45-32-31(43-4)44-17-25(46-32)22(36)16-35/h5-15,22,25-27,29,31-32,35-37,39H,16-17H2,1-4H3/t22-,25-,26-,27-,29+,31+,32-,33+,34+/m1/s1. The van der Waals surface area contributed by atoms with Crippen molar-refractivity contribution in [1.29, 1.82) is 0 Å². The van der Waals surface area contributed by atoms with Gasteiger partial charge in [0, 0.05) is 25.2 Å². The van der Waals surface area contributed by atoms with E-state index >= 15 is 0 Å². The maximum absolute atomic E-state index is 13.5. The summed E-state index contributed by atoms with van der Waals surface area (Å²) in [6.07, 6.45) is -6.03. The normalized spacial score (nSPS) is 31.7. The van der Waals surface area contributed by atoms with Crippen molar-refractivity contribution in [3.05, 3.63) is 83.4 Å². The molecule has 13 heteroatoms. The van der Waals surface area contributed by atoms with Crippen LogP contribution in [0.4, 0.5) is 0 Å². The minimum absolute atomic E-state index is 0.0474. The largest absolute Gasteiger partial charge is 0.497 e. The van der Waals surface area contributed by atoms with Gasteiger partial charge in [-0.25, -0.2) is 0 Å². The average Bonchev–Trinajstić information content (AvgIpc) is 3.49. The summed E-state index contributed by atoms with van der Waals surface area (Å²) >= 11 is 0. The van der Waals surface area contributed by atoms with Crippen LogP contribution in [0, 0.1) is 5.92 Å². The molecule has 9 atom stereocenters. The molecule has 3 aliphatic rings. The molecule has 2 aliphatic heterocycles. The first-order chi connectivity index (χ1) is 22.7. The Morgan fingerprint density at radius 1 is 0.979 bits per heavy atom. The monoisotopic (exact) mass is 654 g/mol. The number of ether oxygens (including phenoxy) is 8. The van der Waals surface area contributed by atoms with E-state index in [1.165, 1.54) is 40.6 Å². The third kappa shape index (κ3) is 5.10. The Hall–Kier alpha value is -3.95. The topological polar surface area (TPSA) is 172 Å². The number of hydrogen-bond donors (Lipinski definition) is 4. The van der Waals surface area contributed by atoms with Gasteiger partial charge in [-0.15, -0.1) is 0 Å². The summed E-state index contributed by atoms with van der Waals surface area (Å²) in [5.41, 5.74) is -2.88. The molecule has 0 bridgehead atoms. The van der Waals surface area contributed by atoms with E-state index in [1.807, 2.05) is 6.07 Å². The smallest absolute Gasteiger partial charge is 0.312 e. The first-order valence-corrected chi connectivity index (χ1v) is 15.0. The van der Waals surface area contributed by atoms with Gasteiger partial charge in [0.25, 0.3) is 6.29 Å². The van der Waals surface area contributed by atoms with Crippen molar-refractivity contribution in [2.45, 2.75) is 48.0 Å². The number of benzene rings is 3.